The molecule has 0 bridgehead atoms. The van der Waals surface area contributed by atoms with Crippen molar-refractivity contribution >= 4 is 11.3 Å². The van der Waals surface area contributed by atoms with Crippen molar-refractivity contribution in [2.75, 3.05) is 0 Å². The predicted octanol–water partition coefficient (Wildman–Crippen LogP) is 2.21. The fourth-order valence-corrected chi connectivity index (χ4v) is 3.67. The van der Waals surface area contributed by atoms with Crippen LogP contribution >= 0.6 is 11.3 Å². The monoisotopic (exact) mass is 326 g/mol. The highest BCUT2D eigenvalue weighted by atomic mass is 32.1. The highest BCUT2D eigenvalue weighted by Gasteiger charge is 2.21. The standard InChI is InChI=1S/C16H18N6S/c1-11-20-21-15-6-5-12(9-22(11)15)18-8-13-10-23-16(19-13)14-4-2-3-7-17-14/h2-4,7,10,12,18H,5-6,8-9H2,1H3/t12-/m0/s1. The Bertz CT molecular complexity index is 794. The minimum absolute atomic E-state index is 0.442. The molecule has 0 spiro atoms. The summed E-state index contributed by atoms with van der Waals surface area (Å²) in [5.41, 5.74) is 2.01. The molecule has 0 unspecified atom stereocenters. The largest absolute Gasteiger partial charge is 0.314 e. The third kappa shape index (κ3) is 3.02. The van der Waals surface area contributed by atoms with Gasteiger partial charge < -0.3 is 9.88 Å². The van der Waals surface area contributed by atoms with Crippen molar-refractivity contribution in [2.45, 2.75) is 38.9 Å². The zero-order valence-electron chi connectivity index (χ0n) is 12.9. The Morgan fingerprint density at radius 3 is 3.17 bits per heavy atom. The quantitative estimate of drug-likeness (QED) is 0.796. The topological polar surface area (TPSA) is 68.5 Å². The maximum Gasteiger partial charge on any atom is 0.142 e. The molecule has 0 radical (unpaired) electrons. The Morgan fingerprint density at radius 2 is 2.30 bits per heavy atom. The molecule has 0 amide bonds. The summed E-state index contributed by atoms with van der Waals surface area (Å²) in [5, 5.41) is 15.1. The van der Waals surface area contributed by atoms with Crippen molar-refractivity contribution in [1.82, 2.24) is 30.0 Å². The summed E-state index contributed by atoms with van der Waals surface area (Å²) < 4.78 is 2.21. The van der Waals surface area contributed by atoms with E-state index in [0.29, 0.717) is 6.04 Å². The second kappa shape index (κ2) is 6.17. The first-order chi connectivity index (χ1) is 11.3. The van der Waals surface area contributed by atoms with Crippen LogP contribution in [0, 0.1) is 6.92 Å². The molecule has 1 aliphatic rings. The lowest BCUT2D eigenvalue weighted by molar-refractivity contribution is 0.374. The van der Waals surface area contributed by atoms with Crippen LogP contribution in [-0.4, -0.2) is 30.8 Å². The molecule has 0 aromatic carbocycles. The number of thiazole rings is 1. The fraction of sp³-hybridized carbons (Fsp3) is 0.375. The number of aromatic nitrogens is 5. The van der Waals surface area contributed by atoms with E-state index < -0.39 is 0 Å². The van der Waals surface area contributed by atoms with Crippen LogP contribution in [0.2, 0.25) is 0 Å². The summed E-state index contributed by atoms with van der Waals surface area (Å²) in [5.74, 6) is 2.10. The van der Waals surface area contributed by atoms with Gasteiger partial charge in [0.05, 0.1) is 11.4 Å². The van der Waals surface area contributed by atoms with Gasteiger partial charge in [0.25, 0.3) is 0 Å². The van der Waals surface area contributed by atoms with Crippen molar-refractivity contribution in [3.63, 3.8) is 0 Å². The lowest BCUT2D eigenvalue weighted by Crippen LogP contribution is -2.37. The number of nitrogens with zero attached hydrogens (tertiary/aromatic N) is 5. The Morgan fingerprint density at radius 1 is 1.35 bits per heavy atom. The number of rotatable bonds is 4. The maximum atomic E-state index is 4.68. The molecule has 4 heterocycles. The van der Waals surface area contributed by atoms with Crippen molar-refractivity contribution < 1.29 is 0 Å². The molecule has 4 rings (SSSR count). The summed E-state index contributed by atoms with van der Waals surface area (Å²) in [6, 6.07) is 6.34. The fourth-order valence-electron chi connectivity index (χ4n) is 2.87. The van der Waals surface area contributed by atoms with Gasteiger partial charge in [0.15, 0.2) is 0 Å². The molecule has 1 atom stereocenters. The van der Waals surface area contributed by atoms with Gasteiger partial charge in [0.2, 0.25) is 0 Å². The minimum atomic E-state index is 0.442. The molecule has 1 aliphatic heterocycles. The number of nitrogens with one attached hydrogen (secondary N) is 1. The van der Waals surface area contributed by atoms with E-state index in [-0.39, 0.29) is 0 Å². The Hall–Kier alpha value is -2.12. The summed E-state index contributed by atoms with van der Waals surface area (Å²) in [6.45, 7) is 3.73. The molecule has 0 fully saturated rings. The molecule has 7 heteroatoms. The summed E-state index contributed by atoms with van der Waals surface area (Å²) in [4.78, 5) is 9.03. The van der Waals surface area contributed by atoms with Crippen molar-refractivity contribution in [3.8, 4) is 10.7 Å². The van der Waals surface area contributed by atoms with Gasteiger partial charge in [0, 0.05) is 37.1 Å². The molecule has 0 aliphatic carbocycles. The third-order valence-corrected chi connectivity index (χ3v) is 5.05. The smallest absolute Gasteiger partial charge is 0.142 e. The Kier molecular flexibility index (Phi) is 3.88. The highest BCUT2D eigenvalue weighted by molar-refractivity contribution is 7.13. The van der Waals surface area contributed by atoms with Crippen molar-refractivity contribution in [3.05, 3.63) is 47.1 Å². The minimum Gasteiger partial charge on any atom is -0.314 e. The lowest BCUT2D eigenvalue weighted by Gasteiger charge is -2.24. The summed E-state index contributed by atoms with van der Waals surface area (Å²) in [7, 11) is 0. The second-order valence-electron chi connectivity index (χ2n) is 5.75. The predicted molar refractivity (Wildman–Crippen MR) is 89.1 cm³/mol. The van der Waals surface area contributed by atoms with E-state index in [1.54, 1.807) is 17.5 Å². The Labute approximate surface area is 138 Å². The molecule has 3 aromatic rings. The number of fused-ring (bicyclic) bond motifs is 1. The lowest BCUT2D eigenvalue weighted by atomic mass is 10.1. The number of hydrogen-bond acceptors (Lipinski definition) is 6. The SMILES string of the molecule is Cc1nnc2n1C[C@@H](NCc1csc(-c3ccccn3)n1)CC2. The summed E-state index contributed by atoms with van der Waals surface area (Å²) >= 11 is 1.64. The van der Waals surface area contributed by atoms with Gasteiger partial charge >= 0.3 is 0 Å². The molecular weight excluding hydrogens is 308 g/mol. The van der Waals surface area contributed by atoms with Crippen molar-refractivity contribution in [2.24, 2.45) is 0 Å². The number of pyridine rings is 1. The van der Waals surface area contributed by atoms with Gasteiger partial charge in [0.1, 0.15) is 16.7 Å². The van der Waals surface area contributed by atoms with E-state index in [1.165, 1.54) is 0 Å². The van der Waals surface area contributed by atoms with E-state index in [0.717, 1.165) is 54.0 Å². The first-order valence-corrected chi connectivity index (χ1v) is 8.65. The maximum absolute atomic E-state index is 4.68. The number of aryl methyl sites for hydroxylation is 2. The van der Waals surface area contributed by atoms with Gasteiger partial charge in [-0.3, -0.25) is 4.98 Å². The van der Waals surface area contributed by atoms with Crippen molar-refractivity contribution in [1.29, 1.82) is 0 Å². The van der Waals surface area contributed by atoms with E-state index >= 15 is 0 Å². The average Bonchev–Trinajstić information content (AvgIpc) is 3.21. The average molecular weight is 326 g/mol. The van der Waals surface area contributed by atoms with Crippen LogP contribution in [0.3, 0.4) is 0 Å². The van der Waals surface area contributed by atoms with Crippen LogP contribution in [0.25, 0.3) is 10.7 Å². The molecule has 23 heavy (non-hydrogen) atoms. The molecule has 6 nitrogen and oxygen atoms in total. The van der Waals surface area contributed by atoms with Gasteiger partial charge in [-0.1, -0.05) is 6.07 Å². The van der Waals surface area contributed by atoms with Crippen LogP contribution < -0.4 is 5.32 Å². The van der Waals surface area contributed by atoms with E-state index in [9.17, 15) is 0 Å². The molecule has 0 saturated carbocycles. The second-order valence-corrected chi connectivity index (χ2v) is 6.61. The molecule has 118 valence electrons. The van der Waals surface area contributed by atoms with Crippen LogP contribution in [0.15, 0.2) is 29.8 Å². The zero-order chi connectivity index (χ0) is 15.6. The molecular formula is C16H18N6S. The van der Waals surface area contributed by atoms with Gasteiger partial charge in [-0.25, -0.2) is 4.98 Å². The van der Waals surface area contributed by atoms with E-state index in [1.807, 2.05) is 25.1 Å². The Balaban J connectivity index is 1.39. The van der Waals surface area contributed by atoms with Crippen LogP contribution in [-0.2, 0) is 19.5 Å². The molecule has 1 N–H and O–H groups in total. The summed E-state index contributed by atoms with van der Waals surface area (Å²) in [6.07, 6.45) is 3.87. The zero-order valence-corrected chi connectivity index (χ0v) is 13.8. The number of hydrogen-bond donors (Lipinski definition) is 1. The van der Waals surface area contributed by atoms with Gasteiger partial charge in [-0.2, -0.15) is 0 Å². The van der Waals surface area contributed by atoms with Gasteiger partial charge in [-0.15, -0.1) is 21.5 Å². The normalized spacial score (nSPS) is 17.2. The van der Waals surface area contributed by atoms with E-state index in [2.05, 4.69) is 35.4 Å². The molecule has 0 saturated heterocycles. The van der Waals surface area contributed by atoms with Crippen LogP contribution in [0.4, 0.5) is 0 Å². The molecule has 3 aromatic heterocycles. The first kappa shape index (κ1) is 14.5. The van der Waals surface area contributed by atoms with Crippen LogP contribution in [0.5, 0.6) is 0 Å². The third-order valence-electron chi connectivity index (χ3n) is 4.14. The van der Waals surface area contributed by atoms with E-state index in [4.69, 9.17) is 0 Å². The first-order valence-electron chi connectivity index (χ1n) is 7.77. The highest BCUT2D eigenvalue weighted by Crippen LogP contribution is 2.21. The van der Waals surface area contributed by atoms with Crippen LogP contribution in [0.1, 0.15) is 23.8 Å². The van der Waals surface area contributed by atoms with Gasteiger partial charge in [-0.05, 0) is 25.5 Å².